The minimum Gasteiger partial charge on any atom is -0.341 e. The summed E-state index contributed by atoms with van der Waals surface area (Å²) < 4.78 is 0. The zero-order chi connectivity index (χ0) is 18.4. The lowest BCUT2D eigenvalue weighted by Gasteiger charge is -2.24. The van der Waals surface area contributed by atoms with Crippen molar-refractivity contribution >= 4 is 35.1 Å². The predicted molar refractivity (Wildman–Crippen MR) is 98.8 cm³/mol. The maximum atomic E-state index is 12.6. The molecule has 0 aromatic heterocycles. The van der Waals surface area contributed by atoms with Crippen LogP contribution in [0.15, 0.2) is 48.5 Å². The third-order valence-electron chi connectivity index (χ3n) is 3.84. The van der Waals surface area contributed by atoms with Crippen molar-refractivity contribution in [2.75, 3.05) is 14.1 Å². The molecule has 0 bridgehead atoms. The maximum absolute atomic E-state index is 12.6. The van der Waals surface area contributed by atoms with Crippen LogP contribution in [0.2, 0.25) is 10.0 Å². The normalized spacial score (nSPS) is 13.0. The Morgan fingerprint density at radius 3 is 2.40 bits per heavy atom. The standard InChI is InChI=1S/C18H19Cl2N3O2/c1-21-18(25)22-17(24)16(12-6-4-3-5-7-12)23(2)11-13-8-9-14(19)10-15(13)20/h3-10,16H,11H2,1-2H3,(H2,21,22,24,25)/p+1/t16-/m1/s1. The molecule has 2 rings (SSSR count). The molecule has 0 radical (unpaired) electrons. The second kappa shape index (κ2) is 8.85. The van der Waals surface area contributed by atoms with Crippen LogP contribution < -0.4 is 15.5 Å². The van der Waals surface area contributed by atoms with Gasteiger partial charge in [-0.05, 0) is 12.1 Å². The number of likely N-dealkylation sites (N-methyl/N-ethyl adjacent to an activating group) is 1. The Kier molecular flexibility index (Phi) is 6.82. The van der Waals surface area contributed by atoms with Gasteiger partial charge in [-0.25, -0.2) is 4.79 Å². The van der Waals surface area contributed by atoms with Gasteiger partial charge in [-0.2, -0.15) is 0 Å². The number of amides is 3. The van der Waals surface area contributed by atoms with Crippen molar-refractivity contribution in [1.82, 2.24) is 10.6 Å². The van der Waals surface area contributed by atoms with Crippen LogP contribution in [0.3, 0.4) is 0 Å². The van der Waals surface area contributed by atoms with E-state index in [-0.39, 0.29) is 5.91 Å². The minimum absolute atomic E-state index is 0.381. The van der Waals surface area contributed by atoms with Crippen LogP contribution in [0.4, 0.5) is 4.79 Å². The lowest BCUT2D eigenvalue weighted by molar-refractivity contribution is -0.916. The van der Waals surface area contributed by atoms with E-state index < -0.39 is 12.1 Å². The molecule has 0 fully saturated rings. The number of halogens is 2. The van der Waals surface area contributed by atoms with E-state index >= 15 is 0 Å². The number of nitrogens with one attached hydrogen (secondary N) is 3. The largest absolute Gasteiger partial charge is 0.341 e. The van der Waals surface area contributed by atoms with Crippen molar-refractivity contribution in [3.05, 3.63) is 69.7 Å². The number of benzene rings is 2. The molecule has 0 aliphatic rings. The lowest BCUT2D eigenvalue weighted by Crippen LogP contribution is -3.09. The highest BCUT2D eigenvalue weighted by Crippen LogP contribution is 2.20. The zero-order valence-corrected chi connectivity index (χ0v) is 15.5. The van der Waals surface area contributed by atoms with Gasteiger partial charge in [0, 0.05) is 23.2 Å². The van der Waals surface area contributed by atoms with Gasteiger partial charge in [-0.1, -0.05) is 59.6 Å². The monoisotopic (exact) mass is 380 g/mol. The zero-order valence-electron chi connectivity index (χ0n) is 14.0. The van der Waals surface area contributed by atoms with Gasteiger partial charge >= 0.3 is 6.03 Å². The maximum Gasteiger partial charge on any atom is 0.321 e. The number of urea groups is 1. The number of hydrogen-bond donors (Lipinski definition) is 3. The molecule has 5 nitrogen and oxygen atoms in total. The Morgan fingerprint density at radius 1 is 1.12 bits per heavy atom. The number of carbonyl (C=O) groups excluding carboxylic acids is 2. The Bertz CT molecular complexity index is 753. The molecule has 0 saturated carbocycles. The molecule has 0 spiro atoms. The van der Waals surface area contributed by atoms with E-state index in [2.05, 4.69) is 10.6 Å². The second-order valence-electron chi connectivity index (χ2n) is 5.67. The summed E-state index contributed by atoms with van der Waals surface area (Å²) in [5.41, 5.74) is 1.68. The smallest absolute Gasteiger partial charge is 0.321 e. The number of quaternary nitrogens is 1. The fourth-order valence-corrected chi connectivity index (χ4v) is 3.09. The number of imide groups is 1. The molecule has 3 N–H and O–H groups in total. The van der Waals surface area contributed by atoms with Crippen molar-refractivity contribution in [3.63, 3.8) is 0 Å². The highest BCUT2D eigenvalue weighted by Gasteiger charge is 2.30. The van der Waals surface area contributed by atoms with Gasteiger partial charge in [0.1, 0.15) is 6.54 Å². The van der Waals surface area contributed by atoms with Gasteiger partial charge < -0.3 is 10.2 Å². The van der Waals surface area contributed by atoms with E-state index in [0.717, 1.165) is 16.0 Å². The molecule has 0 aliphatic heterocycles. The van der Waals surface area contributed by atoms with Gasteiger partial charge in [-0.15, -0.1) is 0 Å². The Balaban J connectivity index is 2.27. The fourth-order valence-electron chi connectivity index (χ4n) is 2.62. The molecule has 2 aromatic carbocycles. The highest BCUT2D eigenvalue weighted by atomic mass is 35.5. The van der Waals surface area contributed by atoms with Crippen molar-refractivity contribution < 1.29 is 14.5 Å². The van der Waals surface area contributed by atoms with Crippen LogP contribution in [-0.2, 0) is 11.3 Å². The first kappa shape index (κ1) is 19.2. The fraction of sp³-hybridized carbons (Fsp3) is 0.222. The number of rotatable bonds is 5. The highest BCUT2D eigenvalue weighted by molar-refractivity contribution is 6.35. The van der Waals surface area contributed by atoms with Gasteiger partial charge in [0.15, 0.2) is 6.04 Å². The van der Waals surface area contributed by atoms with Crippen LogP contribution in [-0.4, -0.2) is 26.0 Å². The van der Waals surface area contributed by atoms with Crippen LogP contribution in [0.5, 0.6) is 0 Å². The number of hydrogen-bond acceptors (Lipinski definition) is 2. The molecule has 0 aliphatic carbocycles. The van der Waals surface area contributed by atoms with Gasteiger partial charge in [-0.3, -0.25) is 10.1 Å². The molecule has 0 saturated heterocycles. The summed E-state index contributed by atoms with van der Waals surface area (Å²) >= 11 is 12.2. The minimum atomic E-state index is -0.565. The molecule has 3 amide bonds. The van der Waals surface area contributed by atoms with Crippen LogP contribution in [0, 0.1) is 0 Å². The second-order valence-corrected chi connectivity index (χ2v) is 6.51. The summed E-state index contributed by atoms with van der Waals surface area (Å²) in [6.07, 6.45) is 0. The Labute approximate surface area is 156 Å². The first-order valence-electron chi connectivity index (χ1n) is 7.76. The first-order valence-corrected chi connectivity index (χ1v) is 8.51. The third-order valence-corrected chi connectivity index (χ3v) is 4.42. The molecule has 7 heteroatoms. The van der Waals surface area contributed by atoms with Crippen LogP contribution >= 0.6 is 23.2 Å². The molecular weight excluding hydrogens is 361 g/mol. The Morgan fingerprint density at radius 2 is 1.80 bits per heavy atom. The molecule has 0 heterocycles. The topological polar surface area (TPSA) is 62.6 Å². The third kappa shape index (κ3) is 5.19. The van der Waals surface area contributed by atoms with E-state index in [4.69, 9.17) is 23.2 Å². The average Bonchev–Trinajstić information content (AvgIpc) is 2.58. The predicted octanol–water partition coefficient (Wildman–Crippen LogP) is 2.21. The summed E-state index contributed by atoms with van der Waals surface area (Å²) in [4.78, 5) is 25.1. The van der Waals surface area contributed by atoms with Crippen LogP contribution in [0.25, 0.3) is 0 Å². The molecule has 2 aromatic rings. The van der Waals surface area contributed by atoms with E-state index in [9.17, 15) is 9.59 Å². The van der Waals surface area contributed by atoms with E-state index in [0.29, 0.717) is 16.6 Å². The Hall–Kier alpha value is -2.08. The van der Waals surface area contributed by atoms with Gasteiger partial charge in [0.25, 0.3) is 5.91 Å². The van der Waals surface area contributed by atoms with E-state index in [1.54, 1.807) is 12.1 Å². The molecular formula is C18H20Cl2N3O2+. The lowest BCUT2D eigenvalue weighted by atomic mass is 10.0. The van der Waals surface area contributed by atoms with Gasteiger partial charge in [0.2, 0.25) is 0 Å². The summed E-state index contributed by atoms with van der Waals surface area (Å²) in [7, 11) is 3.34. The quantitative estimate of drug-likeness (QED) is 0.744. The summed E-state index contributed by atoms with van der Waals surface area (Å²) in [5, 5.41) is 5.85. The van der Waals surface area contributed by atoms with E-state index in [1.165, 1.54) is 7.05 Å². The first-order chi connectivity index (χ1) is 11.9. The van der Waals surface area contributed by atoms with E-state index in [1.807, 2.05) is 43.4 Å². The van der Waals surface area contributed by atoms with Gasteiger partial charge in [0.05, 0.1) is 12.1 Å². The molecule has 1 unspecified atom stereocenters. The van der Waals surface area contributed by atoms with Crippen LogP contribution in [0.1, 0.15) is 17.2 Å². The summed E-state index contributed by atoms with van der Waals surface area (Å²) in [5.74, 6) is -0.381. The SMILES string of the molecule is CNC(=O)NC(=O)[C@@H](c1ccccc1)[NH+](C)Cc1ccc(Cl)cc1Cl. The molecule has 132 valence electrons. The molecule has 2 atom stereocenters. The van der Waals surface area contributed by atoms with Crippen molar-refractivity contribution in [2.45, 2.75) is 12.6 Å². The summed E-state index contributed by atoms with van der Waals surface area (Å²) in [6.45, 7) is 0.497. The van der Waals surface area contributed by atoms with Crippen molar-refractivity contribution in [2.24, 2.45) is 0 Å². The van der Waals surface area contributed by atoms with Crippen molar-refractivity contribution in [3.8, 4) is 0 Å². The molecule has 25 heavy (non-hydrogen) atoms. The van der Waals surface area contributed by atoms with Crippen molar-refractivity contribution in [1.29, 1.82) is 0 Å². The average molecular weight is 381 g/mol. The summed E-state index contributed by atoms with van der Waals surface area (Å²) in [6, 6.07) is 13.5. The number of carbonyl (C=O) groups is 2.